The number of hydrogen-bond donors (Lipinski definition) is 2. The van der Waals surface area contributed by atoms with Gasteiger partial charge in [0.05, 0.1) is 12.2 Å². The molecule has 0 saturated carbocycles. The summed E-state index contributed by atoms with van der Waals surface area (Å²) in [5, 5.41) is 3.45. The molecule has 2 aliphatic rings. The van der Waals surface area contributed by atoms with E-state index in [0.29, 0.717) is 23.7 Å². The monoisotopic (exact) mass is 415 g/mol. The normalized spacial score (nSPS) is 22.9. The Balaban J connectivity index is 1.56. The lowest BCUT2D eigenvalue weighted by atomic mass is 9.78. The van der Waals surface area contributed by atoms with Crippen LogP contribution in [-0.2, 0) is 10.2 Å². The van der Waals surface area contributed by atoms with Crippen molar-refractivity contribution >= 4 is 39.1 Å². The van der Waals surface area contributed by atoms with Gasteiger partial charge in [-0.15, -0.1) is 11.3 Å². The Kier molecular flexibility index (Phi) is 5.48. The number of carbonyl (C=O) groups excluding carboxylic acids is 2. The Morgan fingerprint density at radius 2 is 2.00 bits per heavy atom. The number of pyridine rings is 1. The molecule has 8 heteroatoms. The molecule has 0 aromatic carbocycles. The first kappa shape index (κ1) is 20.1. The standard InChI is InChI=1S/C21H29N5O2S/c1-21(8-5-11-26(13-21)16(27)12-25-9-3-4-10-25)15-7-6-14-17(22)18(19(28)23-2)29-20(14)24-15/h6-7H,3-5,8-13,22H2,1-2H3,(H,23,28)/t21-/m0/s1. The van der Waals surface area contributed by atoms with E-state index in [9.17, 15) is 9.59 Å². The molecule has 2 aliphatic heterocycles. The second-order valence-corrected chi connectivity index (χ2v) is 9.44. The van der Waals surface area contributed by atoms with Gasteiger partial charge in [0, 0.05) is 36.6 Å². The summed E-state index contributed by atoms with van der Waals surface area (Å²) in [7, 11) is 1.60. The third kappa shape index (κ3) is 3.83. The van der Waals surface area contributed by atoms with Crippen molar-refractivity contribution in [2.45, 2.75) is 38.0 Å². The second kappa shape index (κ2) is 7.91. The van der Waals surface area contributed by atoms with Gasteiger partial charge in [0.2, 0.25) is 5.91 Å². The molecule has 7 nitrogen and oxygen atoms in total. The molecule has 156 valence electrons. The van der Waals surface area contributed by atoms with E-state index in [1.165, 1.54) is 24.2 Å². The number of nitrogens with zero attached hydrogens (tertiary/aromatic N) is 3. The molecule has 0 bridgehead atoms. The third-order valence-electron chi connectivity index (χ3n) is 6.25. The molecule has 3 N–H and O–H groups in total. The summed E-state index contributed by atoms with van der Waals surface area (Å²) in [5.41, 5.74) is 7.42. The fourth-order valence-corrected chi connectivity index (χ4v) is 5.55. The summed E-state index contributed by atoms with van der Waals surface area (Å²) >= 11 is 1.33. The number of likely N-dealkylation sites (tertiary alicyclic amines) is 2. The zero-order valence-corrected chi connectivity index (χ0v) is 18.0. The summed E-state index contributed by atoms with van der Waals surface area (Å²) in [4.78, 5) is 35.3. The molecule has 2 fully saturated rings. The van der Waals surface area contributed by atoms with Gasteiger partial charge in [-0.05, 0) is 50.9 Å². The molecular formula is C21H29N5O2S. The molecule has 2 aromatic heterocycles. The number of anilines is 1. The molecule has 2 saturated heterocycles. The van der Waals surface area contributed by atoms with Crippen molar-refractivity contribution in [3.05, 3.63) is 22.7 Å². The van der Waals surface area contributed by atoms with Crippen molar-refractivity contribution in [1.29, 1.82) is 0 Å². The second-order valence-electron chi connectivity index (χ2n) is 8.44. The van der Waals surface area contributed by atoms with Crippen LogP contribution in [0.4, 0.5) is 5.69 Å². The van der Waals surface area contributed by atoms with Crippen LogP contribution in [0.2, 0.25) is 0 Å². The number of nitrogens with two attached hydrogens (primary N) is 1. The summed E-state index contributed by atoms with van der Waals surface area (Å²) in [6.07, 6.45) is 4.34. The van der Waals surface area contributed by atoms with Crippen LogP contribution >= 0.6 is 11.3 Å². The van der Waals surface area contributed by atoms with E-state index in [2.05, 4.69) is 17.1 Å². The van der Waals surface area contributed by atoms with Gasteiger partial charge >= 0.3 is 0 Å². The summed E-state index contributed by atoms with van der Waals surface area (Å²) < 4.78 is 0. The quantitative estimate of drug-likeness (QED) is 0.799. The number of aromatic nitrogens is 1. The Bertz CT molecular complexity index is 937. The van der Waals surface area contributed by atoms with Crippen molar-refractivity contribution in [1.82, 2.24) is 20.1 Å². The molecule has 4 heterocycles. The first-order chi connectivity index (χ1) is 13.9. The Morgan fingerprint density at radius 1 is 1.24 bits per heavy atom. The van der Waals surface area contributed by atoms with Gasteiger partial charge in [0.25, 0.3) is 5.91 Å². The average molecular weight is 416 g/mol. The highest BCUT2D eigenvalue weighted by Gasteiger charge is 2.36. The minimum atomic E-state index is -0.195. The Morgan fingerprint density at radius 3 is 2.72 bits per heavy atom. The van der Waals surface area contributed by atoms with Crippen LogP contribution in [0, 0.1) is 0 Å². The fraction of sp³-hybridized carbons (Fsp3) is 0.571. The first-order valence-electron chi connectivity index (χ1n) is 10.3. The van der Waals surface area contributed by atoms with E-state index < -0.39 is 0 Å². The van der Waals surface area contributed by atoms with Crippen molar-refractivity contribution in [3.8, 4) is 0 Å². The van der Waals surface area contributed by atoms with Crippen LogP contribution in [0.5, 0.6) is 0 Å². The molecule has 29 heavy (non-hydrogen) atoms. The molecule has 0 spiro atoms. The van der Waals surface area contributed by atoms with Gasteiger partial charge in [-0.1, -0.05) is 6.92 Å². The number of piperidine rings is 1. The lowest BCUT2D eigenvalue weighted by Gasteiger charge is -2.40. The predicted octanol–water partition coefficient (Wildman–Crippen LogP) is 2.21. The topological polar surface area (TPSA) is 91.6 Å². The number of thiophene rings is 1. The maximum atomic E-state index is 12.8. The fourth-order valence-electron chi connectivity index (χ4n) is 4.51. The molecule has 1 atom stereocenters. The smallest absolute Gasteiger partial charge is 0.263 e. The van der Waals surface area contributed by atoms with E-state index >= 15 is 0 Å². The maximum Gasteiger partial charge on any atom is 0.263 e. The lowest BCUT2D eigenvalue weighted by Crippen LogP contribution is -2.50. The summed E-state index contributed by atoms with van der Waals surface area (Å²) in [5.74, 6) is 0.0378. The number of nitrogens with one attached hydrogen (secondary N) is 1. The van der Waals surface area contributed by atoms with E-state index in [4.69, 9.17) is 10.7 Å². The maximum absolute atomic E-state index is 12.8. The highest BCUT2D eigenvalue weighted by atomic mass is 32.1. The lowest BCUT2D eigenvalue weighted by molar-refractivity contribution is -0.134. The van der Waals surface area contributed by atoms with Crippen molar-refractivity contribution in [2.24, 2.45) is 0 Å². The minimum absolute atomic E-state index is 0.186. The highest BCUT2D eigenvalue weighted by Crippen LogP contribution is 2.37. The number of amides is 2. The number of nitrogen functional groups attached to an aromatic ring is 1. The predicted molar refractivity (Wildman–Crippen MR) is 116 cm³/mol. The van der Waals surface area contributed by atoms with Gasteiger partial charge in [-0.2, -0.15) is 0 Å². The zero-order chi connectivity index (χ0) is 20.6. The third-order valence-corrected chi connectivity index (χ3v) is 7.37. The van der Waals surface area contributed by atoms with Gasteiger partial charge in [-0.3, -0.25) is 14.5 Å². The zero-order valence-electron chi connectivity index (χ0n) is 17.2. The van der Waals surface area contributed by atoms with Gasteiger partial charge < -0.3 is 16.0 Å². The summed E-state index contributed by atoms with van der Waals surface area (Å²) in [6, 6.07) is 3.97. The van der Waals surface area contributed by atoms with Crippen LogP contribution in [-0.4, -0.2) is 66.4 Å². The molecule has 0 radical (unpaired) electrons. The number of fused-ring (bicyclic) bond motifs is 1. The Labute approximate surface area is 175 Å². The number of hydrogen-bond acceptors (Lipinski definition) is 6. The van der Waals surface area contributed by atoms with E-state index in [-0.39, 0.29) is 17.2 Å². The molecule has 0 aliphatic carbocycles. The largest absolute Gasteiger partial charge is 0.397 e. The van der Waals surface area contributed by atoms with Gasteiger partial charge in [0.1, 0.15) is 9.71 Å². The van der Waals surface area contributed by atoms with Crippen LogP contribution in [0.3, 0.4) is 0 Å². The minimum Gasteiger partial charge on any atom is -0.397 e. The molecule has 4 rings (SSSR count). The molecule has 2 aromatic rings. The van der Waals surface area contributed by atoms with Crippen LogP contribution in [0.1, 0.15) is 48.0 Å². The van der Waals surface area contributed by atoms with Crippen LogP contribution in [0.15, 0.2) is 12.1 Å². The molecular weight excluding hydrogens is 386 g/mol. The van der Waals surface area contributed by atoms with E-state index in [1.54, 1.807) is 7.05 Å². The van der Waals surface area contributed by atoms with Gasteiger partial charge in [0.15, 0.2) is 0 Å². The summed E-state index contributed by atoms with van der Waals surface area (Å²) in [6.45, 7) is 6.27. The van der Waals surface area contributed by atoms with Gasteiger partial charge in [-0.25, -0.2) is 4.98 Å². The van der Waals surface area contributed by atoms with E-state index in [0.717, 1.165) is 48.4 Å². The number of rotatable bonds is 4. The van der Waals surface area contributed by atoms with Crippen molar-refractivity contribution < 1.29 is 9.59 Å². The first-order valence-corrected chi connectivity index (χ1v) is 11.1. The SMILES string of the molecule is CNC(=O)c1sc2nc([C@@]3(C)CCCN(C(=O)CN4CCCC4)C3)ccc2c1N. The molecule has 2 amide bonds. The van der Waals surface area contributed by atoms with Crippen LogP contribution < -0.4 is 11.1 Å². The Hall–Kier alpha value is -2.19. The molecule has 0 unspecified atom stereocenters. The van der Waals surface area contributed by atoms with Crippen LogP contribution in [0.25, 0.3) is 10.2 Å². The van der Waals surface area contributed by atoms with Crippen molar-refractivity contribution in [3.63, 3.8) is 0 Å². The average Bonchev–Trinajstić information content (AvgIpc) is 3.35. The van der Waals surface area contributed by atoms with E-state index in [1.807, 2.05) is 17.0 Å². The van der Waals surface area contributed by atoms with Crippen molar-refractivity contribution in [2.75, 3.05) is 45.5 Å². The number of carbonyl (C=O) groups is 2. The highest BCUT2D eigenvalue weighted by molar-refractivity contribution is 7.21.